The zero-order valence-electron chi connectivity index (χ0n) is 6.97. The Morgan fingerprint density at radius 2 is 2.38 bits per heavy atom. The van der Waals surface area contributed by atoms with Crippen LogP contribution in [0, 0.1) is 0 Å². The Balaban J connectivity index is 2.65. The lowest BCUT2D eigenvalue weighted by Crippen LogP contribution is -2.43. The average molecular weight is 190 g/mol. The van der Waals surface area contributed by atoms with Crippen molar-refractivity contribution >= 4 is 12.3 Å². The lowest BCUT2D eigenvalue weighted by atomic mass is 10.1. The van der Waals surface area contributed by atoms with Gasteiger partial charge in [-0.15, -0.1) is 0 Å². The molecule has 0 aromatic carbocycles. The van der Waals surface area contributed by atoms with E-state index in [9.17, 15) is 19.8 Å². The molecule has 3 atom stereocenters. The Morgan fingerprint density at radius 1 is 1.77 bits per heavy atom. The van der Waals surface area contributed by atoms with Gasteiger partial charge in [0.15, 0.2) is 6.10 Å². The van der Waals surface area contributed by atoms with Crippen molar-refractivity contribution in [3.8, 4) is 0 Å². The fourth-order valence-electron chi connectivity index (χ4n) is 1.12. The van der Waals surface area contributed by atoms with E-state index in [1.165, 1.54) is 6.92 Å². The molecule has 1 rings (SSSR count). The predicted octanol–water partition coefficient (Wildman–Crippen LogP) is -1.80. The largest absolute Gasteiger partial charge is 0.448 e. The minimum absolute atomic E-state index is 0.0406. The molecule has 3 unspecified atom stereocenters. The highest BCUT2D eigenvalue weighted by molar-refractivity contribution is 6.20. The minimum atomic E-state index is -1.74. The number of ether oxygens (including phenoxy) is 2. The van der Waals surface area contributed by atoms with E-state index in [0.717, 1.165) is 0 Å². The molecule has 6 heteroatoms. The fourth-order valence-corrected chi connectivity index (χ4v) is 1.12. The van der Waals surface area contributed by atoms with Crippen LogP contribution in [0.2, 0.25) is 0 Å². The summed E-state index contributed by atoms with van der Waals surface area (Å²) in [5, 5.41) is 18.6. The molecule has 1 aliphatic rings. The van der Waals surface area contributed by atoms with E-state index in [-0.39, 0.29) is 12.9 Å². The van der Waals surface area contributed by atoms with Crippen LogP contribution in [0.25, 0.3) is 0 Å². The zero-order chi connectivity index (χ0) is 10.1. The summed E-state index contributed by atoms with van der Waals surface area (Å²) >= 11 is 0. The third-order valence-corrected chi connectivity index (χ3v) is 1.76. The molecule has 1 heterocycles. The summed E-state index contributed by atoms with van der Waals surface area (Å²) in [5.41, 5.74) is 0. The van der Waals surface area contributed by atoms with Crippen molar-refractivity contribution in [1.82, 2.24) is 0 Å². The number of aliphatic hydroxyl groups excluding tert-OH is 1. The summed E-state index contributed by atoms with van der Waals surface area (Å²) in [6.07, 6.45) is -2.37. The Kier molecular flexibility index (Phi) is 2.65. The smallest absolute Gasteiger partial charge is 0.371 e. The van der Waals surface area contributed by atoms with Gasteiger partial charge in [-0.1, -0.05) is 0 Å². The molecule has 0 spiro atoms. The number of esters is 1. The molecule has 0 amide bonds. The number of aldehydes is 1. The van der Waals surface area contributed by atoms with Crippen molar-refractivity contribution in [1.29, 1.82) is 0 Å². The molecule has 1 saturated heterocycles. The number of carbonyl (C=O) groups is 2. The first-order valence-corrected chi connectivity index (χ1v) is 3.67. The fraction of sp³-hybridized carbons (Fsp3) is 0.714. The van der Waals surface area contributed by atoms with Crippen LogP contribution < -0.4 is 0 Å². The summed E-state index contributed by atoms with van der Waals surface area (Å²) < 4.78 is 9.18. The summed E-state index contributed by atoms with van der Waals surface area (Å²) in [4.78, 5) is 20.5. The van der Waals surface area contributed by atoms with Gasteiger partial charge in [0.05, 0.1) is 6.61 Å². The zero-order valence-corrected chi connectivity index (χ0v) is 6.97. The maximum absolute atomic E-state index is 10.5. The van der Waals surface area contributed by atoms with Crippen molar-refractivity contribution in [2.24, 2.45) is 0 Å². The molecule has 74 valence electrons. The normalized spacial score (nSPS) is 38.7. The predicted molar refractivity (Wildman–Crippen MR) is 38.5 cm³/mol. The maximum atomic E-state index is 10.5. The Labute approximate surface area is 74.1 Å². The molecule has 1 fully saturated rings. The number of carbonyl (C=O) groups excluding carboxylic acids is 2. The molecule has 6 nitrogen and oxygen atoms in total. The van der Waals surface area contributed by atoms with Crippen molar-refractivity contribution in [2.45, 2.75) is 24.9 Å². The van der Waals surface area contributed by atoms with Crippen LogP contribution >= 0.6 is 0 Å². The molecule has 2 N–H and O–H groups in total. The molecule has 0 saturated carbocycles. The summed E-state index contributed by atoms with van der Waals surface area (Å²) in [6.45, 7) is 1.11. The number of hydrogen-bond acceptors (Lipinski definition) is 6. The van der Waals surface area contributed by atoms with Crippen LogP contribution in [-0.2, 0) is 19.1 Å². The van der Waals surface area contributed by atoms with Crippen molar-refractivity contribution in [2.75, 3.05) is 6.61 Å². The summed E-state index contributed by atoms with van der Waals surface area (Å²) in [6, 6.07) is 0. The van der Waals surface area contributed by atoms with Crippen molar-refractivity contribution < 1.29 is 29.3 Å². The van der Waals surface area contributed by atoms with Crippen molar-refractivity contribution in [3.05, 3.63) is 0 Å². The standard InChI is InChI=1S/C7H10O6/c1-7(11)6(4(9)3-12-7)13-5(10)2-8/h2,4,6,9,11H,3H2,1H3. The first kappa shape index (κ1) is 10.1. The van der Waals surface area contributed by atoms with Gasteiger partial charge in [0, 0.05) is 0 Å². The topological polar surface area (TPSA) is 93.1 Å². The van der Waals surface area contributed by atoms with Gasteiger partial charge in [0.1, 0.15) is 6.10 Å². The van der Waals surface area contributed by atoms with Gasteiger partial charge in [0.25, 0.3) is 0 Å². The maximum Gasteiger partial charge on any atom is 0.371 e. The second-order valence-corrected chi connectivity index (χ2v) is 2.91. The summed E-state index contributed by atoms with van der Waals surface area (Å²) in [5.74, 6) is -2.88. The molecule has 0 bridgehead atoms. The van der Waals surface area contributed by atoms with Crippen LogP contribution in [0.5, 0.6) is 0 Å². The van der Waals surface area contributed by atoms with E-state index in [2.05, 4.69) is 4.74 Å². The van der Waals surface area contributed by atoms with E-state index in [1.807, 2.05) is 0 Å². The SMILES string of the molecule is CC1(O)OCC(O)C1OC(=O)C=O. The number of hydrogen-bond donors (Lipinski definition) is 2. The van der Waals surface area contributed by atoms with Crippen LogP contribution in [0.4, 0.5) is 0 Å². The van der Waals surface area contributed by atoms with E-state index in [1.54, 1.807) is 0 Å². The molecular weight excluding hydrogens is 180 g/mol. The van der Waals surface area contributed by atoms with E-state index >= 15 is 0 Å². The molecule has 0 aliphatic carbocycles. The quantitative estimate of drug-likeness (QED) is 0.303. The van der Waals surface area contributed by atoms with Gasteiger partial charge >= 0.3 is 5.97 Å². The Bertz CT molecular complexity index is 223. The Hall–Kier alpha value is -0.980. The highest BCUT2D eigenvalue weighted by Crippen LogP contribution is 2.25. The van der Waals surface area contributed by atoms with Gasteiger partial charge < -0.3 is 19.7 Å². The lowest BCUT2D eigenvalue weighted by Gasteiger charge is -2.24. The second kappa shape index (κ2) is 3.41. The molecule has 0 aromatic heterocycles. The average Bonchev–Trinajstić information content (AvgIpc) is 2.31. The van der Waals surface area contributed by atoms with Gasteiger partial charge in [-0.25, -0.2) is 4.79 Å². The molecule has 0 aromatic rings. The van der Waals surface area contributed by atoms with Crippen LogP contribution in [0.15, 0.2) is 0 Å². The molecule has 0 radical (unpaired) electrons. The van der Waals surface area contributed by atoms with Crippen LogP contribution in [0.1, 0.15) is 6.92 Å². The second-order valence-electron chi connectivity index (χ2n) is 2.91. The van der Waals surface area contributed by atoms with Gasteiger partial charge in [-0.3, -0.25) is 4.79 Å². The molecule has 13 heavy (non-hydrogen) atoms. The van der Waals surface area contributed by atoms with Crippen molar-refractivity contribution in [3.63, 3.8) is 0 Å². The number of aliphatic hydroxyl groups is 2. The summed E-state index contributed by atoms with van der Waals surface area (Å²) in [7, 11) is 0. The molecule has 1 aliphatic heterocycles. The highest BCUT2D eigenvalue weighted by atomic mass is 16.7. The van der Waals surface area contributed by atoms with E-state index in [0.29, 0.717) is 0 Å². The first-order chi connectivity index (χ1) is 5.97. The van der Waals surface area contributed by atoms with Crippen LogP contribution in [-0.4, -0.2) is 47.1 Å². The Morgan fingerprint density at radius 3 is 2.77 bits per heavy atom. The van der Waals surface area contributed by atoms with Gasteiger partial charge in [-0.05, 0) is 6.92 Å². The highest BCUT2D eigenvalue weighted by Gasteiger charge is 2.47. The minimum Gasteiger partial charge on any atom is -0.448 e. The van der Waals surface area contributed by atoms with E-state index in [4.69, 9.17) is 4.74 Å². The lowest BCUT2D eigenvalue weighted by molar-refractivity contribution is -0.215. The number of rotatable bonds is 2. The first-order valence-electron chi connectivity index (χ1n) is 3.67. The van der Waals surface area contributed by atoms with E-state index < -0.39 is 24.0 Å². The third-order valence-electron chi connectivity index (χ3n) is 1.76. The molecular formula is C7H10O6. The monoisotopic (exact) mass is 190 g/mol. The van der Waals surface area contributed by atoms with Crippen LogP contribution in [0.3, 0.4) is 0 Å². The van der Waals surface area contributed by atoms with Gasteiger partial charge in [-0.2, -0.15) is 0 Å². The third kappa shape index (κ3) is 2.03. The van der Waals surface area contributed by atoms with Gasteiger partial charge in [0.2, 0.25) is 12.1 Å².